The molecule has 0 amide bonds. The monoisotopic (exact) mass is 343 g/mol. The maximum Gasteiger partial charge on any atom is 0.263 e. The number of rotatable bonds is 5. The number of aryl methyl sites for hydroxylation is 1. The van der Waals surface area contributed by atoms with Gasteiger partial charge in [0.05, 0.1) is 23.1 Å². The Hall–Kier alpha value is -2.03. The van der Waals surface area contributed by atoms with E-state index in [1.807, 2.05) is 69.3 Å². The van der Waals surface area contributed by atoms with Gasteiger partial charge in [0.2, 0.25) is 0 Å². The number of hydrogen-bond acceptors (Lipinski definition) is 3. The maximum absolute atomic E-state index is 14.0. The SMILES string of the molecule is CCOP(=O)(c1ccccc1)c1c(CC)n(O)c2cccc(C)c12. The van der Waals surface area contributed by atoms with Crippen LogP contribution in [-0.4, -0.2) is 16.5 Å². The molecule has 1 atom stereocenters. The van der Waals surface area contributed by atoms with Crippen LogP contribution in [0.2, 0.25) is 0 Å². The summed E-state index contributed by atoms with van der Waals surface area (Å²) in [4.78, 5) is 0. The van der Waals surface area contributed by atoms with Crippen LogP contribution in [0, 0.1) is 6.92 Å². The summed E-state index contributed by atoms with van der Waals surface area (Å²) in [6, 6.07) is 15.0. The second-order valence-electron chi connectivity index (χ2n) is 5.73. The molecule has 0 radical (unpaired) electrons. The molecule has 1 heterocycles. The lowest BCUT2D eigenvalue weighted by Crippen LogP contribution is -2.22. The third-order valence-corrected chi connectivity index (χ3v) is 6.95. The van der Waals surface area contributed by atoms with Crippen molar-refractivity contribution in [3.05, 3.63) is 59.8 Å². The predicted octanol–water partition coefficient (Wildman–Crippen LogP) is 4.01. The minimum atomic E-state index is -3.31. The molecule has 5 heteroatoms. The number of fused-ring (bicyclic) bond motifs is 1. The Kier molecular flexibility index (Phi) is 4.53. The van der Waals surface area contributed by atoms with Crippen molar-refractivity contribution in [2.75, 3.05) is 6.61 Å². The summed E-state index contributed by atoms with van der Waals surface area (Å²) in [6.07, 6.45) is 0.559. The van der Waals surface area contributed by atoms with Crippen molar-refractivity contribution in [2.24, 2.45) is 0 Å². The third kappa shape index (κ3) is 2.47. The van der Waals surface area contributed by atoms with Gasteiger partial charge in [-0.05, 0) is 44.0 Å². The Morgan fingerprint density at radius 1 is 1.08 bits per heavy atom. The summed E-state index contributed by atoms with van der Waals surface area (Å²) >= 11 is 0. The molecular weight excluding hydrogens is 321 g/mol. The zero-order chi connectivity index (χ0) is 17.3. The fraction of sp³-hybridized carbons (Fsp3) is 0.263. The number of nitrogens with zero attached hydrogens (tertiary/aromatic N) is 1. The molecule has 0 aliphatic heterocycles. The maximum atomic E-state index is 14.0. The van der Waals surface area contributed by atoms with Gasteiger partial charge in [0.1, 0.15) is 0 Å². The van der Waals surface area contributed by atoms with Crippen LogP contribution < -0.4 is 10.6 Å². The van der Waals surface area contributed by atoms with Gasteiger partial charge >= 0.3 is 0 Å². The lowest BCUT2D eigenvalue weighted by Gasteiger charge is -2.20. The molecule has 0 bridgehead atoms. The first-order valence-electron chi connectivity index (χ1n) is 8.17. The van der Waals surface area contributed by atoms with E-state index in [-0.39, 0.29) is 0 Å². The minimum Gasteiger partial charge on any atom is -0.428 e. The minimum absolute atomic E-state index is 0.333. The van der Waals surface area contributed by atoms with Crippen molar-refractivity contribution in [1.29, 1.82) is 0 Å². The van der Waals surface area contributed by atoms with E-state index in [9.17, 15) is 9.77 Å². The summed E-state index contributed by atoms with van der Waals surface area (Å²) in [5.74, 6) is 0. The Bertz CT molecular complexity index is 915. The van der Waals surface area contributed by atoms with Crippen LogP contribution in [-0.2, 0) is 15.5 Å². The zero-order valence-electron chi connectivity index (χ0n) is 14.2. The predicted molar refractivity (Wildman–Crippen MR) is 98.2 cm³/mol. The van der Waals surface area contributed by atoms with Gasteiger partial charge in [-0.1, -0.05) is 37.3 Å². The first kappa shape index (κ1) is 16.8. The molecule has 24 heavy (non-hydrogen) atoms. The zero-order valence-corrected chi connectivity index (χ0v) is 15.1. The van der Waals surface area contributed by atoms with Gasteiger partial charge in [-0.25, -0.2) is 0 Å². The molecule has 1 aromatic heterocycles. The Labute approximate surface area is 142 Å². The Morgan fingerprint density at radius 2 is 1.79 bits per heavy atom. The lowest BCUT2D eigenvalue weighted by atomic mass is 10.1. The van der Waals surface area contributed by atoms with E-state index in [4.69, 9.17) is 4.52 Å². The summed E-state index contributed by atoms with van der Waals surface area (Å²) in [6.45, 7) is 6.08. The van der Waals surface area contributed by atoms with Gasteiger partial charge < -0.3 is 9.73 Å². The van der Waals surface area contributed by atoms with Crippen molar-refractivity contribution >= 4 is 28.9 Å². The van der Waals surface area contributed by atoms with Crippen molar-refractivity contribution in [3.8, 4) is 0 Å². The molecular formula is C19H22NO3P. The quantitative estimate of drug-likeness (QED) is 0.562. The summed E-state index contributed by atoms with van der Waals surface area (Å²) < 4.78 is 21.0. The normalized spacial score (nSPS) is 14.0. The highest BCUT2D eigenvalue weighted by atomic mass is 31.2. The standard InChI is InChI=1S/C19H22NO3P/c1-4-16-19(18-14(3)10-9-13-17(18)20(16)21)24(22,23-5-2)15-11-7-6-8-12-15/h6-13,21H,4-5H2,1-3H3. The van der Waals surface area contributed by atoms with Crippen molar-refractivity contribution in [1.82, 2.24) is 4.73 Å². The topological polar surface area (TPSA) is 51.5 Å². The molecule has 3 rings (SSSR count). The van der Waals surface area contributed by atoms with Gasteiger partial charge in [-0.15, -0.1) is 0 Å². The van der Waals surface area contributed by atoms with Crippen LogP contribution >= 0.6 is 7.37 Å². The van der Waals surface area contributed by atoms with Crippen LogP contribution in [0.3, 0.4) is 0 Å². The molecule has 0 saturated heterocycles. The molecule has 2 aromatic carbocycles. The van der Waals surface area contributed by atoms with Gasteiger partial charge in [-0.2, -0.15) is 4.73 Å². The average molecular weight is 343 g/mol. The van der Waals surface area contributed by atoms with Crippen molar-refractivity contribution in [2.45, 2.75) is 27.2 Å². The highest BCUT2D eigenvalue weighted by Gasteiger charge is 2.36. The number of aromatic nitrogens is 1. The number of benzene rings is 2. The molecule has 1 N–H and O–H groups in total. The fourth-order valence-electron chi connectivity index (χ4n) is 3.24. The molecule has 0 fully saturated rings. The molecule has 0 saturated carbocycles. The second kappa shape index (κ2) is 6.46. The smallest absolute Gasteiger partial charge is 0.263 e. The van der Waals surface area contributed by atoms with E-state index in [2.05, 4.69) is 0 Å². The highest BCUT2D eigenvalue weighted by Crippen LogP contribution is 2.48. The first-order chi connectivity index (χ1) is 11.5. The van der Waals surface area contributed by atoms with E-state index in [0.717, 1.165) is 15.7 Å². The molecule has 3 aromatic rings. The summed E-state index contributed by atoms with van der Waals surface area (Å²) in [7, 11) is -3.31. The van der Waals surface area contributed by atoms with E-state index in [1.54, 1.807) is 0 Å². The van der Waals surface area contributed by atoms with Crippen LogP contribution in [0.15, 0.2) is 48.5 Å². The van der Waals surface area contributed by atoms with E-state index in [0.29, 0.717) is 34.8 Å². The summed E-state index contributed by atoms with van der Waals surface area (Å²) in [5, 5.41) is 12.7. The van der Waals surface area contributed by atoms with Crippen LogP contribution in [0.5, 0.6) is 0 Å². The molecule has 0 aliphatic carbocycles. The van der Waals surface area contributed by atoms with Crippen LogP contribution in [0.25, 0.3) is 10.9 Å². The Morgan fingerprint density at radius 3 is 2.42 bits per heavy atom. The first-order valence-corrected chi connectivity index (χ1v) is 9.80. The van der Waals surface area contributed by atoms with Crippen LogP contribution in [0.1, 0.15) is 25.1 Å². The molecule has 126 valence electrons. The average Bonchev–Trinajstić information content (AvgIpc) is 2.90. The van der Waals surface area contributed by atoms with Crippen molar-refractivity contribution in [3.63, 3.8) is 0 Å². The second-order valence-corrected chi connectivity index (χ2v) is 8.06. The van der Waals surface area contributed by atoms with Gasteiger partial charge in [-0.3, -0.25) is 4.57 Å². The van der Waals surface area contributed by atoms with Gasteiger partial charge in [0.25, 0.3) is 7.37 Å². The Balaban J connectivity index is 2.44. The van der Waals surface area contributed by atoms with E-state index in [1.165, 1.54) is 0 Å². The highest BCUT2D eigenvalue weighted by molar-refractivity contribution is 7.75. The fourth-order valence-corrected chi connectivity index (χ4v) is 5.88. The van der Waals surface area contributed by atoms with Crippen LogP contribution in [0.4, 0.5) is 0 Å². The third-order valence-electron chi connectivity index (χ3n) is 4.28. The van der Waals surface area contributed by atoms with Gasteiger partial charge in [0, 0.05) is 10.7 Å². The number of hydrogen-bond donors (Lipinski definition) is 1. The molecule has 0 spiro atoms. The molecule has 0 aliphatic rings. The van der Waals surface area contributed by atoms with Crippen molar-refractivity contribution < 1.29 is 14.3 Å². The molecule has 1 unspecified atom stereocenters. The lowest BCUT2D eigenvalue weighted by molar-refractivity contribution is 0.191. The van der Waals surface area contributed by atoms with Gasteiger partial charge in [0.15, 0.2) is 0 Å². The summed E-state index contributed by atoms with van der Waals surface area (Å²) in [5.41, 5.74) is 2.28. The largest absolute Gasteiger partial charge is 0.428 e. The molecule has 4 nitrogen and oxygen atoms in total. The van der Waals surface area contributed by atoms with E-state index < -0.39 is 7.37 Å². The van der Waals surface area contributed by atoms with E-state index >= 15 is 0 Å².